The van der Waals surface area contributed by atoms with Gasteiger partial charge in [0.15, 0.2) is 0 Å². The van der Waals surface area contributed by atoms with E-state index in [1.54, 1.807) is 0 Å². The largest absolute Gasteiger partial charge is 0.392 e. The zero-order valence-electron chi connectivity index (χ0n) is 11.6. The van der Waals surface area contributed by atoms with Crippen LogP contribution in [-0.4, -0.2) is 35.9 Å². The molecule has 2 atom stereocenters. The lowest BCUT2D eigenvalue weighted by Crippen LogP contribution is -2.38. The number of aliphatic hydroxyl groups excluding tert-OH is 1. The second-order valence-corrected chi connectivity index (χ2v) is 5.08. The molecule has 1 aromatic heterocycles. The van der Waals surface area contributed by atoms with Crippen LogP contribution in [-0.2, 0) is 11.3 Å². The predicted octanol–water partition coefficient (Wildman–Crippen LogP) is 1.80. The Morgan fingerprint density at radius 2 is 2.22 bits per heavy atom. The fourth-order valence-electron chi connectivity index (χ4n) is 2.72. The standard InChI is InChI=1S/C14H22N2O2/c1-9-7-10(2)15-14(12(9)8-17)16(4)13-5-6-18-11(13)3/h7,11,13,17H,5-6,8H2,1-4H3. The highest BCUT2D eigenvalue weighted by molar-refractivity contribution is 5.51. The van der Waals surface area contributed by atoms with Crippen LogP contribution in [0, 0.1) is 13.8 Å². The summed E-state index contributed by atoms with van der Waals surface area (Å²) in [5.74, 6) is 0.886. The lowest BCUT2D eigenvalue weighted by Gasteiger charge is -2.30. The zero-order chi connectivity index (χ0) is 13.3. The van der Waals surface area contributed by atoms with E-state index in [4.69, 9.17) is 4.74 Å². The molecule has 100 valence electrons. The first-order valence-electron chi connectivity index (χ1n) is 6.47. The van der Waals surface area contributed by atoms with Gasteiger partial charge < -0.3 is 14.7 Å². The normalized spacial score (nSPS) is 23.4. The van der Waals surface area contributed by atoms with Crippen LogP contribution in [0.1, 0.15) is 30.2 Å². The fourth-order valence-corrected chi connectivity index (χ4v) is 2.72. The Hall–Kier alpha value is -1.13. The van der Waals surface area contributed by atoms with Crippen molar-refractivity contribution >= 4 is 5.82 Å². The Kier molecular flexibility index (Phi) is 3.88. The molecule has 1 aliphatic heterocycles. The van der Waals surface area contributed by atoms with Gasteiger partial charge in [-0.05, 0) is 38.8 Å². The number of aliphatic hydroxyl groups is 1. The summed E-state index contributed by atoms with van der Waals surface area (Å²) in [6.07, 6.45) is 1.22. The Morgan fingerprint density at radius 3 is 2.78 bits per heavy atom. The van der Waals surface area contributed by atoms with Crippen LogP contribution in [0.3, 0.4) is 0 Å². The van der Waals surface area contributed by atoms with Crippen LogP contribution < -0.4 is 4.90 Å². The topological polar surface area (TPSA) is 45.6 Å². The van der Waals surface area contributed by atoms with Crippen molar-refractivity contribution in [3.8, 4) is 0 Å². The van der Waals surface area contributed by atoms with E-state index < -0.39 is 0 Å². The van der Waals surface area contributed by atoms with Gasteiger partial charge in [0.1, 0.15) is 5.82 Å². The van der Waals surface area contributed by atoms with Crippen molar-refractivity contribution < 1.29 is 9.84 Å². The number of rotatable bonds is 3. The summed E-state index contributed by atoms with van der Waals surface area (Å²) in [7, 11) is 2.04. The van der Waals surface area contributed by atoms with Gasteiger partial charge in [-0.25, -0.2) is 4.98 Å². The fraction of sp³-hybridized carbons (Fsp3) is 0.643. The molecule has 2 rings (SSSR count). The van der Waals surface area contributed by atoms with Crippen LogP contribution in [0.25, 0.3) is 0 Å². The van der Waals surface area contributed by atoms with E-state index in [0.29, 0.717) is 6.04 Å². The van der Waals surface area contributed by atoms with E-state index in [1.807, 2.05) is 27.0 Å². The molecule has 1 fully saturated rings. The number of pyridine rings is 1. The van der Waals surface area contributed by atoms with E-state index in [0.717, 1.165) is 35.7 Å². The molecule has 2 unspecified atom stereocenters. The Balaban J connectivity index is 2.37. The number of hydrogen-bond acceptors (Lipinski definition) is 4. The van der Waals surface area contributed by atoms with Gasteiger partial charge in [-0.3, -0.25) is 0 Å². The average Bonchev–Trinajstić information content (AvgIpc) is 2.73. The average molecular weight is 250 g/mol. The maximum atomic E-state index is 9.55. The van der Waals surface area contributed by atoms with Gasteiger partial charge in [0, 0.05) is 24.9 Å². The molecule has 1 aliphatic rings. The maximum Gasteiger partial charge on any atom is 0.134 e. The molecule has 2 heterocycles. The number of likely N-dealkylation sites (N-methyl/N-ethyl adjacent to an activating group) is 1. The summed E-state index contributed by atoms with van der Waals surface area (Å²) in [4.78, 5) is 6.75. The minimum Gasteiger partial charge on any atom is -0.392 e. The highest BCUT2D eigenvalue weighted by atomic mass is 16.5. The number of nitrogens with zero attached hydrogens (tertiary/aromatic N) is 2. The van der Waals surface area contributed by atoms with E-state index in [2.05, 4.69) is 16.8 Å². The molecule has 0 spiro atoms. The second kappa shape index (κ2) is 5.24. The number of aromatic nitrogens is 1. The first kappa shape index (κ1) is 13.3. The van der Waals surface area contributed by atoms with Gasteiger partial charge in [0.25, 0.3) is 0 Å². The Bertz CT molecular complexity index is 434. The summed E-state index contributed by atoms with van der Waals surface area (Å²) >= 11 is 0. The van der Waals surface area contributed by atoms with Gasteiger partial charge in [-0.2, -0.15) is 0 Å². The number of hydrogen-bond donors (Lipinski definition) is 1. The molecule has 0 radical (unpaired) electrons. The van der Waals surface area contributed by atoms with Crippen LogP contribution >= 0.6 is 0 Å². The van der Waals surface area contributed by atoms with Crippen molar-refractivity contribution in [2.75, 3.05) is 18.6 Å². The monoisotopic (exact) mass is 250 g/mol. The van der Waals surface area contributed by atoms with E-state index in [-0.39, 0.29) is 12.7 Å². The molecular formula is C14H22N2O2. The first-order chi connectivity index (χ1) is 8.54. The molecule has 0 amide bonds. The van der Waals surface area contributed by atoms with E-state index in [1.165, 1.54) is 0 Å². The van der Waals surface area contributed by atoms with Crippen molar-refractivity contribution in [3.63, 3.8) is 0 Å². The van der Waals surface area contributed by atoms with Crippen LogP contribution in [0.5, 0.6) is 0 Å². The van der Waals surface area contributed by atoms with Crippen LogP contribution in [0.4, 0.5) is 5.82 Å². The molecule has 1 aromatic rings. The van der Waals surface area contributed by atoms with E-state index in [9.17, 15) is 5.11 Å². The molecule has 18 heavy (non-hydrogen) atoms. The van der Waals surface area contributed by atoms with Crippen LogP contribution in [0.2, 0.25) is 0 Å². The van der Waals surface area contributed by atoms with Crippen molar-refractivity contribution in [3.05, 3.63) is 22.9 Å². The summed E-state index contributed by atoms with van der Waals surface area (Å²) in [5.41, 5.74) is 3.00. The minimum atomic E-state index is 0.0285. The third-order valence-electron chi connectivity index (χ3n) is 3.78. The van der Waals surface area contributed by atoms with Crippen molar-refractivity contribution in [1.82, 2.24) is 4.98 Å². The number of ether oxygens (including phenoxy) is 1. The molecule has 1 saturated heterocycles. The second-order valence-electron chi connectivity index (χ2n) is 5.08. The molecule has 0 aliphatic carbocycles. The van der Waals surface area contributed by atoms with E-state index >= 15 is 0 Å². The van der Waals surface area contributed by atoms with Gasteiger partial charge >= 0.3 is 0 Å². The predicted molar refractivity (Wildman–Crippen MR) is 71.9 cm³/mol. The molecular weight excluding hydrogens is 228 g/mol. The molecule has 4 nitrogen and oxygen atoms in total. The smallest absolute Gasteiger partial charge is 0.134 e. The summed E-state index contributed by atoms with van der Waals surface area (Å²) < 4.78 is 5.61. The summed E-state index contributed by atoms with van der Waals surface area (Å²) in [6, 6.07) is 2.35. The first-order valence-corrected chi connectivity index (χ1v) is 6.47. The summed E-state index contributed by atoms with van der Waals surface area (Å²) in [5, 5.41) is 9.55. The lowest BCUT2D eigenvalue weighted by atomic mass is 10.1. The quantitative estimate of drug-likeness (QED) is 0.888. The third kappa shape index (κ3) is 2.35. The van der Waals surface area contributed by atoms with Gasteiger partial charge in [0.05, 0.1) is 18.8 Å². The van der Waals surface area contributed by atoms with Gasteiger partial charge in [-0.15, -0.1) is 0 Å². The molecule has 4 heteroatoms. The molecule has 1 N–H and O–H groups in total. The third-order valence-corrected chi connectivity index (χ3v) is 3.78. The summed E-state index contributed by atoms with van der Waals surface area (Å²) in [6.45, 7) is 6.93. The van der Waals surface area contributed by atoms with Crippen molar-refractivity contribution in [2.45, 2.75) is 45.9 Å². The molecule has 0 bridgehead atoms. The number of aryl methyl sites for hydroxylation is 2. The molecule has 0 aromatic carbocycles. The van der Waals surface area contributed by atoms with Gasteiger partial charge in [-0.1, -0.05) is 0 Å². The Labute approximate surface area is 109 Å². The number of anilines is 1. The Morgan fingerprint density at radius 1 is 1.50 bits per heavy atom. The SMILES string of the molecule is Cc1cc(C)c(CO)c(N(C)C2CCOC2C)n1. The van der Waals surface area contributed by atoms with Gasteiger partial charge in [0.2, 0.25) is 0 Å². The van der Waals surface area contributed by atoms with Crippen LogP contribution in [0.15, 0.2) is 6.07 Å². The highest BCUT2D eigenvalue weighted by Crippen LogP contribution is 2.27. The van der Waals surface area contributed by atoms with Crippen molar-refractivity contribution in [2.24, 2.45) is 0 Å². The maximum absolute atomic E-state index is 9.55. The van der Waals surface area contributed by atoms with Crippen molar-refractivity contribution in [1.29, 1.82) is 0 Å². The minimum absolute atomic E-state index is 0.0285. The molecule has 0 saturated carbocycles. The zero-order valence-corrected chi connectivity index (χ0v) is 11.6. The lowest BCUT2D eigenvalue weighted by molar-refractivity contribution is 0.118. The highest BCUT2D eigenvalue weighted by Gasteiger charge is 2.30.